The van der Waals surface area contributed by atoms with E-state index in [0.717, 1.165) is 19.4 Å². The molecular formula is C14H21N3O3. The van der Waals surface area contributed by atoms with Gasteiger partial charge in [0, 0.05) is 44.7 Å². The lowest BCUT2D eigenvalue weighted by Crippen LogP contribution is -2.43. The summed E-state index contributed by atoms with van der Waals surface area (Å²) < 4.78 is 5.05. The van der Waals surface area contributed by atoms with Crippen molar-refractivity contribution in [3.63, 3.8) is 0 Å². The van der Waals surface area contributed by atoms with Crippen LogP contribution in [0.15, 0.2) is 23.3 Å². The molecule has 1 fully saturated rings. The topological polar surface area (TPSA) is 74.4 Å². The van der Waals surface area contributed by atoms with Crippen LogP contribution in [0.2, 0.25) is 0 Å². The number of hydrogen-bond acceptors (Lipinski definition) is 4. The fourth-order valence-electron chi connectivity index (χ4n) is 2.41. The quantitative estimate of drug-likeness (QED) is 0.781. The van der Waals surface area contributed by atoms with Crippen LogP contribution >= 0.6 is 0 Å². The zero-order valence-corrected chi connectivity index (χ0v) is 11.7. The van der Waals surface area contributed by atoms with Gasteiger partial charge in [0.25, 0.3) is 5.91 Å². The smallest absolute Gasteiger partial charge is 0.259 e. The Hall–Kier alpha value is -1.66. The van der Waals surface area contributed by atoms with E-state index in [2.05, 4.69) is 10.3 Å². The van der Waals surface area contributed by atoms with Crippen molar-refractivity contribution in [3.8, 4) is 0 Å². The summed E-state index contributed by atoms with van der Waals surface area (Å²) in [6.07, 6.45) is 5.18. The lowest BCUT2D eigenvalue weighted by atomic mass is 10.2. The summed E-state index contributed by atoms with van der Waals surface area (Å²) in [5.74, 6) is -0.238. The molecule has 0 saturated carbocycles. The van der Waals surface area contributed by atoms with E-state index in [0.29, 0.717) is 25.7 Å². The summed E-state index contributed by atoms with van der Waals surface area (Å²) in [6, 6.07) is 1.67. The molecule has 2 heterocycles. The minimum absolute atomic E-state index is 0.182. The molecule has 0 aliphatic carbocycles. The van der Waals surface area contributed by atoms with Gasteiger partial charge >= 0.3 is 0 Å². The molecule has 0 spiro atoms. The predicted molar refractivity (Wildman–Crippen MR) is 75.9 cm³/mol. The lowest BCUT2D eigenvalue weighted by Gasteiger charge is -2.25. The van der Waals surface area contributed by atoms with Gasteiger partial charge in [-0.3, -0.25) is 9.59 Å². The van der Waals surface area contributed by atoms with Crippen LogP contribution in [0, 0.1) is 0 Å². The standard InChI is InChI=1S/C14H21N3O3/c1-20-8-7-17(10-11-3-2-5-16-11)14(19)12-9-15-6-4-13(12)18/h4,6,9,11,16H,2-3,5,7-8,10H2,1H3,(H,15,18). The Kier molecular flexibility index (Phi) is 5.31. The van der Waals surface area contributed by atoms with E-state index < -0.39 is 0 Å². The van der Waals surface area contributed by atoms with Crippen molar-refractivity contribution >= 4 is 5.91 Å². The monoisotopic (exact) mass is 279 g/mol. The number of ether oxygens (including phenoxy) is 1. The van der Waals surface area contributed by atoms with Crippen LogP contribution in [0.4, 0.5) is 0 Å². The van der Waals surface area contributed by atoms with Crippen LogP contribution < -0.4 is 10.7 Å². The van der Waals surface area contributed by atoms with E-state index in [9.17, 15) is 9.59 Å². The highest BCUT2D eigenvalue weighted by molar-refractivity contribution is 5.93. The van der Waals surface area contributed by atoms with Gasteiger partial charge in [-0.15, -0.1) is 0 Å². The maximum absolute atomic E-state index is 12.5. The van der Waals surface area contributed by atoms with Gasteiger partial charge in [-0.2, -0.15) is 0 Å². The molecule has 1 aliphatic heterocycles. The minimum atomic E-state index is -0.254. The van der Waals surface area contributed by atoms with Gasteiger partial charge in [-0.05, 0) is 19.4 Å². The molecular weight excluding hydrogens is 258 g/mol. The summed E-state index contributed by atoms with van der Waals surface area (Å²) in [6.45, 7) is 2.55. The van der Waals surface area contributed by atoms with E-state index >= 15 is 0 Å². The third-order valence-electron chi connectivity index (χ3n) is 3.51. The minimum Gasteiger partial charge on any atom is -0.383 e. The van der Waals surface area contributed by atoms with Crippen molar-refractivity contribution in [1.82, 2.24) is 15.2 Å². The van der Waals surface area contributed by atoms with Crippen LogP contribution in [0.5, 0.6) is 0 Å². The number of carbonyl (C=O) groups excluding carboxylic acids is 1. The van der Waals surface area contributed by atoms with E-state index in [4.69, 9.17) is 4.74 Å². The summed E-state index contributed by atoms with van der Waals surface area (Å²) in [5.41, 5.74) is -0.0721. The Labute approximate surface area is 118 Å². The number of H-pyrrole nitrogens is 1. The molecule has 1 aromatic heterocycles. The molecule has 1 saturated heterocycles. The lowest BCUT2D eigenvalue weighted by molar-refractivity contribution is 0.0677. The maximum Gasteiger partial charge on any atom is 0.259 e. The van der Waals surface area contributed by atoms with Crippen molar-refractivity contribution in [2.45, 2.75) is 18.9 Å². The van der Waals surface area contributed by atoms with E-state index in [1.54, 1.807) is 12.0 Å². The average molecular weight is 279 g/mol. The summed E-state index contributed by atoms with van der Waals surface area (Å²) >= 11 is 0. The fraction of sp³-hybridized carbons (Fsp3) is 0.571. The van der Waals surface area contributed by atoms with Gasteiger partial charge in [-0.25, -0.2) is 0 Å². The number of methoxy groups -OCH3 is 1. The first-order valence-corrected chi connectivity index (χ1v) is 6.91. The largest absolute Gasteiger partial charge is 0.383 e. The van der Waals surface area contributed by atoms with E-state index in [-0.39, 0.29) is 16.9 Å². The van der Waals surface area contributed by atoms with Crippen LogP contribution in [0.25, 0.3) is 0 Å². The maximum atomic E-state index is 12.5. The number of aromatic nitrogens is 1. The number of nitrogens with zero attached hydrogens (tertiary/aromatic N) is 1. The second-order valence-electron chi connectivity index (χ2n) is 4.96. The average Bonchev–Trinajstić information content (AvgIpc) is 2.96. The Morgan fingerprint density at radius 1 is 1.55 bits per heavy atom. The number of amides is 1. The molecule has 20 heavy (non-hydrogen) atoms. The van der Waals surface area contributed by atoms with Crippen molar-refractivity contribution in [2.24, 2.45) is 0 Å². The normalized spacial score (nSPS) is 18.1. The van der Waals surface area contributed by atoms with Crippen LogP contribution in [0.1, 0.15) is 23.2 Å². The SMILES string of the molecule is COCCN(CC1CCCN1)C(=O)c1c[nH]ccc1=O. The van der Waals surface area contributed by atoms with E-state index in [1.165, 1.54) is 18.5 Å². The van der Waals surface area contributed by atoms with Gasteiger partial charge in [-0.1, -0.05) is 0 Å². The molecule has 1 aromatic rings. The molecule has 6 nitrogen and oxygen atoms in total. The predicted octanol–water partition coefficient (Wildman–Crippen LogP) is 0.216. The third-order valence-corrected chi connectivity index (χ3v) is 3.51. The molecule has 2 N–H and O–H groups in total. The molecule has 1 aliphatic rings. The zero-order valence-electron chi connectivity index (χ0n) is 11.7. The second-order valence-corrected chi connectivity index (χ2v) is 4.96. The van der Waals surface area contributed by atoms with Gasteiger partial charge in [0.05, 0.1) is 6.61 Å². The molecule has 0 bridgehead atoms. The highest BCUT2D eigenvalue weighted by Gasteiger charge is 2.23. The second kappa shape index (κ2) is 7.21. The first kappa shape index (κ1) is 14.7. The van der Waals surface area contributed by atoms with Gasteiger partial charge in [0.2, 0.25) is 0 Å². The highest BCUT2D eigenvalue weighted by Crippen LogP contribution is 2.09. The molecule has 0 radical (unpaired) electrons. The van der Waals surface area contributed by atoms with Crippen LogP contribution in [-0.4, -0.2) is 55.2 Å². The summed E-state index contributed by atoms with van der Waals surface area (Å²) in [4.78, 5) is 28.7. The first-order valence-electron chi connectivity index (χ1n) is 6.91. The Morgan fingerprint density at radius 3 is 3.05 bits per heavy atom. The van der Waals surface area contributed by atoms with Crippen molar-refractivity contribution in [1.29, 1.82) is 0 Å². The Bertz CT molecular complexity index is 494. The Balaban J connectivity index is 2.10. The van der Waals surface area contributed by atoms with Gasteiger partial charge in [0.1, 0.15) is 5.56 Å². The van der Waals surface area contributed by atoms with Crippen LogP contribution in [0.3, 0.4) is 0 Å². The van der Waals surface area contributed by atoms with Crippen molar-refractivity contribution in [3.05, 3.63) is 34.2 Å². The number of hydrogen-bond donors (Lipinski definition) is 2. The molecule has 110 valence electrons. The van der Waals surface area contributed by atoms with E-state index in [1.807, 2.05) is 0 Å². The zero-order chi connectivity index (χ0) is 14.4. The first-order chi connectivity index (χ1) is 9.72. The molecule has 0 aromatic carbocycles. The molecule has 2 rings (SSSR count). The number of rotatable bonds is 6. The summed E-state index contributed by atoms with van der Waals surface area (Å²) in [5, 5.41) is 3.36. The number of carbonyl (C=O) groups is 1. The fourth-order valence-corrected chi connectivity index (χ4v) is 2.41. The number of aromatic amines is 1. The molecule has 1 amide bonds. The molecule has 1 atom stereocenters. The number of nitrogens with one attached hydrogen (secondary N) is 2. The molecule has 6 heteroatoms. The van der Waals surface area contributed by atoms with Crippen molar-refractivity contribution in [2.75, 3.05) is 33.4 Å². The third kappa shape index (κ3) is 3.68. The van der Waals surface area contributed by atoms with Crippen molar-refractivity contribution < 1.29 is 9.53 Å². The highest BCUT2D eigenvalue weighted by atomic mass is 16.5. The Morgan fingerprint density at radius 2 is 2.40 bits per heavy atom. The van der Waals surface area contributed by atoms with Gasteiger partial charge < -0.3 is 19.9 Å². The van der Waals surface area contributed by atoms with Crippen LogP contribution in [-0.2, 0) is 4.74 Å². The molecule has 1 unspecified atom stereocenters. The van der Waals surface area contributed by atoms with Gasteiger partial charge in [0.15, 0.2) is 5.43 Å². The summed E-state index contributed by atoms with van der Waals surface area (Å²) in [7, 11) is 1.60. The number of pyridine rings is 1.